The minimum atomic E-state index is -0.640. The van der Waals surface area contributed by atoms with Crippen LogP contribution in [-0.4, -0.2) is 4.98 Å². The molecule has 0 aliphatic carbocycles. The van der Waals surface area contributed by atoms with E-state index in [0.29, 0.717) is 5.56 Å². The van der Waals surface area contributed by atoms with E-state index >= 15 is 0 Å². The van der Waals surface area contributed by atoms with Gasteiger partial charge in [0.05, 0.1) is 6.04 Å². The number of hydrogen-bond donors (Lipinski definition) is 1. The van der Waals surface area contributed by atoms with Gasteiger partial charge < -0.3 is 5.73 Å². The van der Waals surface area contributed by atoms with Gasteiger partial charge in [-0.1, -0.05) is 12.1 Å². The molecule has 0 fully saturated rings. The predicted octanol–water partition coefficient (Wildman–Crippen LogP) is 2.72. The molecule has 0 aliphatic rings. The standard InChI is InChI=1S/C13H12F2N2/c1-8-4-9(7-17-6-8)13(16)11-3-2-10(14)5-12(11)15/h2-7,13H,16H2,1H3. The van der Waals surface area contributed by atoms with Crippen molar-refractivity contribution in [2.75, 3.05) is 0 Å². The highest BCUT2D eigenvalue weighted by Gasteiger charge is 2.14. The van der Waals surface area contributed by atoms with E-state index in [4.69, 9.17) is 5.73 Å². The average molecular weight is 234 g/mol. The van der Waals surface area contributed by atoms with E-state index in [1.165, 1.54) is 12.1 Å². The maximum absolute atomic E-state index is 13.5. The van der Waals surface area contributed by atoms with E-state index in [-0.39, 0.29) is 5.56 Å². The summed E-state index contributed by atoms with van der Waals surface area (Å²) in [4.78, 5) is 4.00. The SMILES string of the molecule is Cc1cncc(C(N)c2ccc(F)cc2F)c1. The van der Waals surface area contributed by atoms with Crippen molar-refractivity contribution in [1.29, 1.82) is 0 Å². The van der Waals surface area contributed by atoms with Crippen LogP contribution in [0.25, 0.3) is 0 Å². The molecule has 1 atom stereocenters. The summed E-state index contributed by atoms with van der Waals surface area (Å²) >= 11 is 0. The van der Waals surface area contributed by atoms with E-state index in [9.17, 15) is 8.78 Å². The second-order valence-electron chi connectivity index (χ2n) is 3.94. The molecule has 2 nitrogen and oxygen atoms in total. The Morgan fingerprint density at radius 2 is 1.94 bits per heavy atom. The molecule has 0 saturated heterocycles. The fourth-order valence-electron chi connectivity index (χ4n) is 1.68. The summed E-state index contributed by atoms with van der Waals surface area (Å²) in [7, 11) is 0. The van der Waals surface area contributed by atoms with Crippen LogP contribution >= 0.6 is 0 Å². The molecule has 4 heteroatoms. The fraction of sp³-hybridized carbons (Fsp3) is 0.154. The third-order valence-electron chi connectivity index (χ3n) is 2.55. The summed E-state index contributed by atoms with van der Waals surface area (Å²) in [5.74, 6) is -1.25. The summed E-state index contributed by atoms with van der Waals surface area (Å²) in [6.07, 6.45) is 3.28. The first-order chi connectivity index (χ1) is 8.08. The average Bonchev–Trinajstić information content (AvgIpc) is 2.28. The molecule has 1 heterocycles. The van der Waals surface area contributed by atoms with Crippen molar-refractivity contribution in [1.82, 2.24) is 4.98 Å². The number of aryl methyl sites for hydroxylation is 1. The zero-order chi connectivity index (χ0) is 12.4. The second kappa shape index (κ2) is 4.59. The molecular formula is C13H12F2N2. The molecule has 17 heavy (non-hydrogen) atoms. The highest BCUT2D eigenvalue weighted by atomic mass is 19.1. The van der Waals surface area contributed by atoms with E-state index < -0.39 is 17.7 Å². The van der Waals surface area contributed by atoms with Crippen molar-refractivity contribution in [3.8, 4) is 0 Å². The van der Waals surface area contributed by atoms with Crippen LogP contribution in [0.5, 0.6) is 0 Å². The number of halogens is 2. The van der Waals surface area contributed by atoms with Gasteiger partial charge in [0.25, 0.3) is 0 Å². The number of benzene rings is 1. The first kappa shape index (κ1) is 11.7. The van der Waals surface area contributed by atoms with Crippen LogP contribution in [0.2, 0.25) is 0 Å². The number of aromatic nitrogens is 1. The van der Waals surface area contributed by atoms with Gasteiger partial charge in [-0.15, -0.1) is 0 Å². The number of nitrogens with zero attached hydrogens (tertiary/aromatic N) is 1. The molecule has 1 unspecified atom stereocenters. The predicted molar refractivity (Wildman–Crippen MR) is 61.4 cm³/mol. The lowest BCUT2D eigenvalue weighted by Crippen LogP contribution is -2.14. The molecule has 0 bridgehead atoms. The zero-order valence-corrected chi connectivity index (χ0v) is 9.32. The number of rotatable bonds is 2. The van der Waals surface area contributed by atoms with Gasteiger partial charge in [0.1, 0.15) is 11.6 Å². The highest BCUT2D eigenvalue weighted by Crippen LogP contribution is 2.22. The van der Waals surface area contributed by atoms with Gasteiger partial charge in [-0.05, 0) is 24.1 Å². The van der Waals surface area contributed by atoms with Crippen molar-refractivity contribution < 1.29 is 8.78 Å². The summed E-state index contributed by atoms with van der Waals surface area (Å²) in [6, 6.07) is 4.58. The van der Waals surface area contributed by atoms with Crippen molar-refractivity contribution in [3.05, 3.63) is 65.0 Å². The minimum Gasteiger partial charge on any atom is -0.320 e. The van der Waals surface area contributed by atoms with E-state index in [2.05, 4.69) is 4.98 Å². The number of hydrogen-bond acceptors (Lipinski definition) is 2. The summed E-state index contributed by atoms with van der Waals surface area (Å²) in [5, 5.41) is 0. The molecule has 2 N–H and O–H groups in total. The Morgan fingerprint density at radius 3 is 2.59 bits per heavy atom. The van der Waals surface area contributed by atoms with Crippen LogP contribution in [0.3, 0.4) is 0 Å². The first-order valence-corrected chi connectivity index (χ1v) is 5.20. The molecule has 2 aromatic rings. The number of pyridine rings is 1. The van der Waals surface area contributed by atoms with E-state index in [0.717, 1.165) is 11.6 Å². The lowest BCUT2D eigenvalue weighted by molar-refractivity contribution is 0.565. The molecule has 0 saturated carbocycles. The van der Waals surface area contributed by atoms with Gasteiger partial charge in [-0.3, -0.25) is 4.98 Å². The van der Waals surface area contributed by atoms with Gasteiger partial charge in [0.2, 0.25) is 0 Å². The topological polar surface area (TPSA) is 38.9 Å². The van der Waals surface area contributed by atoms with Gasteiger partial charge in [-0.25, -0.2) is 8.78 Å². The van der Waals surface area contributed by atoms with Crippen molar-refractivity contribution in [2.45, 2.75) is 13.0 Å². The molecule has 1 aromatic carbocycles. The van der Waals surface area contributed by atoms with Crippen LogP contribution in [0.15, 0.2) is 36.7 Å². The zero-order valence-electron chi connectivity index (χ0n) is 9.32. The summed E-state index contributed by atoms with van der Waals surface area (Å²) in [5.41, 5.74) is 7.85. The normalized spacial score (nSPS) is 12.5. The second-order valence-corrected chi connectivity index (χ2v) is 3.94. The van der Waals surface area contributed by atoms with Crippen molar-refractivity contribution in [2.24, 2.45) is 5.73 Å². The largest absolute Gasteiger partial charge is 0.320 e. The Labute approximate surface area is 98.1 Å². The quantitative estimate of drug-likeness (QED) is 0.867. The molecule has 1 aromatic heterocycles. The Kier molecular flexibility index (Phi) is 3.15. The Balaban J connectivity index is 2.40. The van der Waals surface area contributed by atoms with E-state index in [1.807, 2.05) is 13.0 Å². The van der Waals surface area contributed by atoms with Gasteiger partial charge >= 0.3 is 0 Å². The maximum atomic E-state index is 13.5. The molecule has 0 aliphatic heterocycles. The monoisotopic (exact) mass is 234 g/mol. The summed E-state index contributed by atoms with van der Waals surface area (Å²) < 4.78 is 26.3. The first-order valence-electron chi connectivity index (χ1n) is 5.20. The minimum absolute atomic E-state index is 0.263. The smallest absolute Gasteiger partial charge is 0.131 e. The Morgan fingerprint density at radius 1 is 1.18 bits per heavy atom. The van der Waals surface area contributed by atoms with Crippen LogP contribution in [0.4, 0.5) is 8.78 Å². The van der Waals surface area contributed by atoms with Crippen LogP contribution in [-0.2, 0) is 0 Å². The molecular weight excluding hydrogens is 222 g/mol. The fourth-order valence-corrected chi connectivity index (χ4v) is 1.68. The van der Waals surface area contributed by atoms with Crippen molar-refractivity contribution >= 4 is 0 Å². The highest BCUT2D eigenvalue weighted by molar-refractivity contribution is 5.32. The van der Waals surface area contributed by atoms with Crippen LogP contribution in [0.1, 0.15) is 22.7 Å². The van der Waals surface area contributed by atoms with Crippen LogP contribution in [0, 0.1) is 18.6 Å². The lowest BCUT2D eigenvalue weighted by Gasteiger charge is -2.13. The van der Waals surface area contributed by atoms with Gasteiger partial charge in [-0.2, -0.15) is 0 Å². The molecule has 88 valence electrons. The Hall–Kier alpha value is -1.81. The molecule has 2 rings (SSSR count). The van der Waals surface area contributed by atoms with Crippen LogP contribution < -0.4 is 5.73 Å². The van der Waals surface area contributed by atoms with Gasteiger partial charge in [0.15, 0.2) is 0 Å². The van der Waals surface area contributed by atoms with Crippen molar-refractivity contribution in [3.63, 3.8) is 0 Å². The third kappa shape index (κ3) is 2.47. The molecule has 0 spiro atoms. The maximum Gasteiger partial charge on any atom is 0.131 e. The Bertz CT molecular complexity index is 541. The summed E-state index contributed by atoms with van der Waals surface area (Å²) in [6.45, 7) is 1.88. The molecule has 0 radical (unpaired) electrons. The molecule has 0 amide bonds. The van der Waals surface area contributed by atoms with Gasteiger partial charge in [0, 0.05) is 24.0 Å². The lowest BCUT2D eigenvalue weighted by atomic mass is 10.00. The van der Waals surface area contributed by atoms with E-state index in [1.54, 1.807) is 12.4 Å². The number of nitrogens with two attached hydrogens (primary N) is 1. The third-order valence-corrected chi connectivity index (χ3v) is 2.55.